The van der Waals surface area contributed by atoms with Gasteiger partial charge in [0.2, 0.25) is 0 Å². The maximum absolute atomic E-state index is 12.9. The van der Waals surface area contributed by atoms with Crippen LogP contribution in [0.1, 0.15) is 15.9 Å². The Balaban J connectivity index is 3.38. The molecule has 0 atom stereocenters. The van der Waals surface area contributed by atoms with Crippen molar-refractivity contribution in [3.63, 3.8) is 0 Å². The predicted octanol–water partition coefficient (Wildman–Crippen LogP) is 1.63. The quantitative estimate of drug-likeness (QED) is 0.612. The first-order chi connectivity index (χ1) is 6.07. The molecule has 0 radical (unpaired) electrons. The highest BCUT2D eigenvalue weighted by atomic mass is 19.1. The molecule has 0 amide bonds. The maximum atomic E-state index is 12.9. The summed E-state index contributed by atoms with van der Waals surface area (Å²) in [5.74, 6) is -2.17. The second-order valence-electron chi connectivity index (χ2n) is 2.51. The molecule has 0 saturated carbocycles. The van der Waals surface area contributed by atoms with E-state index in [9.17, 15) is 9.18 Å². The fourth-order valence-corrected chi connectivity index (χ4v) is 1.06. The van der Waals surface area contributed by atoms with Crippen molar-refractivity contribution in [3.05, 3.63) is 29.1 Å². The number of anilines is 1. The van der Waals surface area contributed by atoms with Crippen molar-refractivity contribution in [1.29, 1.82) is 0 Å². The highest BCUT2D eigenvalue weighted by Crippen LogP contribution is 2.21. The molecule has 3 N–H and O–H groups in total. The summed E-state index contributed by atoms with van der Waals surface area (Å²) in [6.07, 6.45) is 0. The van der Waals surface area contributed by atoms with Crippen LogP contribution in [0.3, 0.4) is 0 Å². The van der Waals surface area contributed by atoms with E-state index >= 15 is 0 Å². The lowest BCUT2D eigenvalue weighted by Crippen LogP contribution is -2.06. The van der Waals surface area contributed by atoms with Gasteiger partial charge in [-0.15, -0.1) is 0 Å². The average Bonchev–Trinajstić information content (AvgIpc) is 2.04. The SMILES string of the molecule is Cc1c(NO)ccc(F)c1C(=O)O. The number of aromatic carboxylic acids is 1. The monoisotopic (exact) mass is 185 g/mol. The normalized spacial score (nSPS) is 9.77. The van der Waals surface area contributed by atoms with Crippen molar-refractivity contribution in [2.45, 2.75) is 6.92 Å². The van der Waals surface area contributed by atoms with Crippen molar-refractivity contribution < 1.29 is 19.5 Å². The molecular weight excluding hydrogens is 177 g/mol. The number of rotatable bonds is 2. The van der Waals surface area contributed by atoms with Crippen LogP contribution in [-0.4, -0.2) is 16.3 Å². The van der Waals surface area contributed by atoms with E-state index in [0.717, 1.165) is 6.07 Å². The Morgan fingerprint density at radius 1 is 1.54 bits per heavy atom. The zero-order valence-electron chi connectivity index (χ0n) is 6.84. The minimum atomic E-state index is -1.35. The first kappa shape index (κ1) is 9.47. The molecule has 0 aromatic heterocycles. The molecule has 1 aromatic carbocycles. The first-order valence-corrected chi connectivity index (χ1v) is 3.50. The Kier molecular flexibility index (Phi) is 2.48. The minimum absolute atomic E-state index is 0.162. The van der Waals surface area contributed by atoms with Gasteiger partial charge in [-0.3, -0.25) is 10.7 Å². The molecule has 5 heteroatoms. The summed E-state index contributed by atoms with van der Waals surface area (Å²) in [7, 11) is 0. The summed E-state index contributed by atoms with van der Waals surface area (Å²) in [5.41, 5.74) is 1.70. The molecule has 4 nitrogen and oxygen atoms in total. The summed E-state index contributed by atoms with van der Waals surface area (Å²) in [6.45, 7) is 1.41. The van der Waals surface area contributed by atoms with E-state index < -0.39 is 17.3 Å². The highest BCUT2D eigenvalue weighted by Gasteiger charge is 2.15. The topological polar surface area (TPSA) is 69.6 Å². The van der Waals surface area contributed by atoms with Gasteiger partial charge in [-0.25, -0.2) is 9.18 Å². The summed E-state index contributed by atoms with van der Waals surface area (Å²) in [4.78, 5) is 10.6. The molecule has 0 aliphatic heterocycles. The van der Waals surface area contributed by atoms with Gasteiger partial charge in [-0.1, -0.05) is 0 Å². The molecule has 0 saturated heterocycles. The average molecular weight is 185 g/mol. The van der Waals surface area contributed by atoms with Gasteiger partial charge in [-0.2, -0.15) is 0 Å². The van der Waals surface area contributed by atoms with Crippen LogP contribution in [0, 0.1) is 12.7 Å². The number of halogens is 1. The molecule has 13 heavy (non-hydrogen) atoms. The van der Waals surface area contributed by atoms with Crippen LogP contribution < -0.4 is 5.48 Å². The highest BCUT2D eigenvalue weighted by molar-refractivity contribution is 5.91. The predicted molar refractivity (Wildman–Crippen MR) is 43.5 cm³/mol. The summed E-state index contributed by atoms with van der Waals surface area (Å²) in [6, 6.07) is 2.24. The Morgan fingerprint density at radius 3 is 2.62 bits per heavy atom. The van der Waals surface area contributed by atoms with Crippen molar-refractivity contribution in [2.75, 3.05) is 5.48 Å². The number of carboxylic acid groups (broad SMARTS) is 1. The Morgan fingerprint density at radius 2 is 2.15 bits per heavy atom. The van der Waals surface area contributed by atoms with E-state index in [1.54, 1.807) is 5.48 Å². The first-order valence-electron chi connectivity index (χ1n) is 3.50. The smallest absolute Gasteiger partial charge is 0.339 e. The molecule has 0 unspecified atom stereocenters. The largest absolute Gasteiger partial charge is 0.478 e. The fourth-order valence-electron chi connectivity index (χ4n) is 1.06. The molecule has 70 valence electrons. The Hall–Kier alpha value is -1.62. The third-order valence-electron chi connectivity index (χ3n) is 1.75. The molecule has 0 bridgehead atoms. The number of nitrogens with one attached hydrogen (secondary N) is 1. The third-order valence-corrected chi connectivity index (χ3v) is 1.75. The number of carboxylic acids is 1. The summed E-state index contributed by atoms with van der Waals surface area (Å²) >= 11 is 0. The molecule has 0 heterocycles. The summed E-state index contributed by atoms with van der Waals surface area (Å²) < 4.78 is 12.9. The molecule has 0 aliphatic rings. The van der Waals surface area contributed by atoms with Gasteiger partial charge in [-0.05, 0) is 24.6 Å². The van der Waals surface area contributed by atoms with Gasteiger partial charge >= 0.3 is 5.97 Å². The zero-order chi connectivity index (χ0) is 10.0. The van der Waals surface area contributed by atoms with Crippen LogP contribution in [0.4, 0.5) is 10.1 Å². The van der Waals surface area contributed by atoms with Crippen molar-refractivity contribution >= 4 is 11.7 Å². The van der Waals surface area contributed by atoms with E-state index in [-0.39, 0.29) is 11.3 Å². The standard InChI is InChI=1S/C8H8FNO3/c1-4-6(10-13)3-2-5(9)7(4)8(11)12/h2-3,10,13H,1H3,(H,11,12). The Bertz CT molecular complexity index is 351. The van der Waals surface area contributed by atoms with Gasteiger partial charge in [0.15, 0.2) is 0 Å². The second-order valence-corrected chi connectivity index (χ2v) is 2.51. The fraction of sp³-hybridized carbons (Fsp3) is 0.125. The van der Waals surface area contributed by atoms with Crippen LogP contribution in [-0.2, 0) is 0 Å². The lowest BCUT2D eigenvalue weighted by molar-refractivity contribution is 0.0691. The van der Waals surface area contributed by atoms with Gasteiger partial charge in [0.05, 0.1) is 5.69 Å². The van der Waals surface area contributed by atoms with Crippen LogP contribution in [0.25, 0.3) is 0 Å². The van der Waals surface area contributed by atoms with Gasteiger partial charge in [0.1, 0.15) is 11.4 Å². The second kappa shape index (κ2) is 3.40. The van der Waals surface area contributed by atoms with Gasteiger partial charge < -0.3 is 5.11 Å². The van der Waals surface area contributed by atoms with Crippen LogP contribution in [0.2, 0.25) is 0 Å². The van der Waals surface area contributed by atoms with Crippen molar-refractivity contribution in [2.24, 2.45) is 0 Å². The van der Waals surface area contributed by atoms with E-state index in [4.69, 9.17) is 10.3 Å². The molecule has 0 fully saturated rings. The lowest BCUT2D eigenvalue weighted by atomic mass is 10.1. The molecule has 1 rings (SSSR count). The number of carbonyl (C=O) groups is 1. The number of hydrogen-bond acceptors (Lipinski definition) is 3. The van der Waals surface area contributed by atoms with Gasteiger partial charge in [0.25, 0.3) is 0 Å². The Labute approximate surface area is 73.6 Å². The van der Waals surface area contributed by atoms with E-state index in [1.807, 2.05) is 0 Å². The number of hydrogen-bond donors (Lipinski definition) is 3. The molecule has 1 aromatic rings. The molecular formula is C8H8FNO3. The minimum Gasteiger partial charge on any atom is -0.478 e. The zero-order valence-corrected chi connectivity index (χ0v) is 6.84. The van der Waals surface area contributed by atoms with Gasteiger partial charge in [0, 0.05) is 0 Å². The lowest BCUT2D eigenvalue weighted by Gasteiger charge is -2.07. The van der Waals surface area contributed by atoms with Crippen LogP contribution >= 0.6 is 0 Å². The maximum Gasteiger partial charge on any atom is 0.339 e. The van der Waals surface area contributed by atoms with E-state index in [1.165, 1.54) is 13.0 Å². The third kappa shape index (κ3) is 1.59. The molecule has 0 aliphatic carbocycles. The van der Waals surface area contributed by atoms with E-state index in [2.05, 4.69) is 0 Å². The van der Waals surface area contributed by atoms with Crippen molar-refractivity contribution in [3.8, 4) is 0 Å². The van der Waals surface area contributed by atoms with Crippen LogP contribution in [0.15, 0.2) is 12.1 Å². The van der Waals surface area contributed by atoms with E-state index in [0.29, 0.717) is 0 Å². The summed E-state index contributed by atoms with van der Waals surface area (Å²) in [5, 5.41) is 17.2. The van der Waals surface area contributed by atoms with Crippen LogP contribution in [0.5, 0.6) is 0 Å². The molecule has 0 spiro atoms. The number of benzene rings is 1. The van der Waals surface area contributed by atoms with Crippen molar-refractivity contribution in [1.82, 2.24) is 0 Å².